The highest BCUT2D eigenvalue weighted by molar-refractivity contribution is 4.91. The number of rotatable bonds is 4. The zero-order valence-electron chi connectivity index (χ0n) is 13.1. The molecule has 3 heterocycles. The lowest BCUT2D eigenvalue weighted by atomic mass is 10.0. The van der Waals surface area contributed by atoms with Gasteiger partial charge in [0.2, 0.25) is 0 Å². The molecule has 1 N–H and O–H groups in total. The van der Waals surface area contributed by atoms with Gasteiger partial charge >= 0.3 is 0 Å². The summed E-state index contributed by atoms with van der Waals surface area (Å²) in [5, 5.41) is 3.43. The molecule has 3 aliphatic rings. The Hall–Kier alpha value is -0.200. The predicted molar refractivity (Wildman–Crippen MR) is 81.1 cm³/mol. The van der Waals surface area contributed by atoms with Crippen molar-refractivity contribution in [2.45, 2.75) is 32.0 Å². The maximum atomic E-state index is 5.94. The van der Waals surface area contributed by atoms with Crippen molar-refractivity contribution in [1.29, 1.82) is 0 Å². The maximum absolute atomic E-state index is 5.94. The second-order valence-electron chi connectivity index (χ2n) is 6.74. The highest BCUT2D eigenvalue weighted by atomic mass is 16.5. The molecule has 0 saturated carbocycles. The molecule has 0 radical (unpaired) electrons. The van der Waals surface area contributed by atoms with E-state index in [-0.39, 0.29) is 0 Å². The summed E-state index contributed by atoms with van der Waals surface area (Å²) in [5.74, 6) is 0. The molecule has 20 heavy (non-hydrogen) atoms. The maximum Gasteiger partial charge on any atom is 0.0829 e. The van der Waals surface area contributed by atoms with Gasteiger partial charge in [0, 0.05) is 71.0 Å². The molecular weight excluding hydrogens is 252 g/mol. The first-order chi connectivity index (χ1) is 9.72. The summed E-state index contributed by atoms with van der Waals surface area (Å²) in [6.07, 6.45) is 0.412. The summed E-state index contributed by atoms with van der Waals surface area (Å²) in [4.78, 5) is 7.76. The van der Waals surface area contributed by atoms with Gasteiger partial charge in [-0.05, 0) is 13.8 Å². The Kier molecular flexibility index (Phi) is 4.94. The highest BCUT2D eigenvalue weighted by Gasteiger charge is 2.34. The molecule has 5 heteroatoms. The molecule has 0 aromatic heterocycles. The van der Waals surface area contributed by atoms with E-state index in [4.69, 9.17) is 4.74 Å². The van der Waals surface area contributed by atoms with Gasteiger partial charge in [0.05, 0.1) is 12.7 Å². The van der Waals surface area contributed by atoms with Crippen molar-refractivity contribution in [3.63, 3.8) is 0 Å². The molecule has 3 fully saturated rings. The molecule has 0 amide bonds. The van der Waals surface area contributed by atoms with E-state index in [1.54, 1.807) is 0 Å². The van der Waals surface area contributed by atoms with E-state index in [9.17, 15) is 0 Å². The summed E-state index contributed by atoms with van der Waals surface area (Å²) in [6, 6.07) is 1.44. The lowest BCUT2D eigenvalue weighted by Crippen LogP contribution is -2.64. The van der Waals surface area contributed by atoms with Crippen molar-refractivity contribution in [3.05, 3.63) is 0 Å². The van der Waals surface area contributed by atoms with E-state index in [0.717, 1.165) is 45.4 Å². The van der Waals surface area contributed by atoms with Gasteiger partial charge in [-0.1, -0.05) is 0 Å². The number of piperazine rings is 1. The van der Waals surface area contributed by atoms with Crippen LogP contribution in [0.15, 0.2) is 0 Å². The third-order valence-electron chi connectivity index (χ3n) is 4.97. The quantitative estimate of drug-likeness (QED) is 0.764. The standard InChI is InChI=1S/C15H30N4O/c1-13(2)19-7-8-20-15(12-19)11-17-9-14(10-17)18-5-3-16-4-6-18/h13-16H,3-12H2,1-2H3. The zero-order valence-corrected chi connectivity index (χ0v) is 13.1. The zero-order chi connectivity index (χ0) is 13.9. The Bertz CT molecular complexity index is 300. The Morgan fingerprint density at radius 1 is 1.10 bits per heavy atom. The number of hydrogen-bond donors (Lipinski definition) is 1. The number of nitrogens with one attached hydrogen (secondary N) is 1. The van der Waals surface area contributed by atoms with E-state index in [0.29, 0.717) is 12.1 Å². The Balaban J connectivity index is 1.37. The third kappa shape index (κ3) is 3.52. The van der Waals surface area contributed by atoms with Crippen LogP contribution in [-0.2, 0) is 4.74 Å². The topological polar surface area (TPSA) is 31.0 Å². The van der Waals surface area contributed by atoms with Crippen LogP contribution < -0.4 is 5.32 Å². The van der Waals surface area contributed by atoms with Crippen LogP contribution in [0.1, 0.15) is 13.8 Å². The van der Waals surface area contributed by atoms with E-state index >= 15 is 0 Å². The van der Waals surface area contributed by atoms with Crippen LogP contribution in [-0.4, -0.2) is 98.4 Å². The van der Waals surface area contributed by atoms with Crippen LogP contribution in [0.4, 0.5) is 0 Å². The molecular formula is C15H30N4O. The van der Waals surface area contributed by atoms with Crippen molar-refractivity contribution < 1.29 is 4.74 Å². The third-order valence-corrected chi connectivity index (χ3v) is 4.97. The SMILES string of the molecule is CC(C)N1CCOC(CN2CC(N3CCNCC3)C2)C1. The first kappa shape index (κ1) is 14.7. The minimum Gasteiger partial charge on any atom is -0.374 e. The van der Waals surface area contributed by atoms with Gasteiger partial charge in [-0.3, -0.25) is 14.7 Å². The van der Waals surface area contributed by atoms with Gasteiger partial charge in [0.15, 0.2) is 0 Å². The van der Waals surface area contributed by atoms with Gasteiger partial charge in [0.25, 0.3) is 0 Å². The molecule has 0 aromatic rings. The summed E-state index contributed by atoms with van der Waals surface area (Å²) < 4.78 is 5.94. The lowest BCUT2D eigenvalue weighted by Gasteiger charge is -2.48. The lowest BCUT2D eigenvalue weighted by molar-refractivity contribution is -0.0721. The number of morpholine rings is 1. The predicted octanol–water partition coefficient (Wildman–Crippen LogP) is -0.315. The second kappa shape index (κ2) is 6.71. The van der Waals surface area contributed by atoms with E-state index in [2.05, 4.69) is 33.9 Å². The average Bonchev–Trinajstić information content (AvgIpc) is 2.43. The van der Waals surface area contributed by atoms with Crippen molar-refractivity contribution in [1.82, 2.24) is 20.0 Å². The monoisotopic (exact) mass is 282 g/mol. The molecule has 1 atom stereocenters. The highest BCUT2D eigenvalue weighted by Crippen LogP contribution is 2.18. The number of hydrogen-bond acceptors (Lipinski definition) is 5. The first-order valence-electron chi connectivity index (χ1n) is 8.25. The van der Waals surface area contributed by atoms with Crippen LogP contribution in [0.2, 0.25) is 0 Å². The summed E-state index contributed by atoms with van der Waals surface area (Å²) in [6.45, 7) is 16.0. The molecule has 1 unspecified atom stereocenters. The van der Waals surface area contributed by atoms with Crippen LogP contribution in [0.5, 0.6) is 0 Å². The number of ether oxygens (including phenoxy) is 1. The normalized spacial score (nSPS) is 31.6. The molecule has 116 valence electrons. The smallest absolute Gasteiger partial charge is 0.0829 e. The van der Waals surface area contributed by atoms with Crippen LogP contribution in [0.25, 0.3) is 0 Å². The Morgan fingerprint density at radius 3 is 2.55 bits per heavy atom. The first-order valence-corrected chi connectivity index (χ1v) is 8.25. The molecule has 5 nitrogen and oxygen atoms in total. The Labute approximate surface area is 123 Å². The van der Waals surface area contributed by atoms with Gasteiger partial charge < -0.3 is 10.1 Å². The van der Waals surface area contributed by atoms with E-state index in [1.807, 2.05) is 0 Å². The largest absolute Gasteiger partial charge is 0.374 e. The number of likely N-dealkylation sites (tertiary alicyclic amines) is 1. The van der Waals surface area contributed by atoms with Gasteiger partial charge in [-0.2, -0.15) is 0 Å². The Morgan fingerprint density at radius 2 is 1.85 bits per heavy atom. The van der Waals surface area contributed by atoms with Gasteiger partial charge in [0.1, 0.15) is 0 Å². The molecule has 3 saturated heterocycles. The molecule has 0 spiro atoms. The summed E-state index contributed by atoms with van der Waals surface area (Å²) in [5.41, 5.74) is 0. The van der Waals surface area contributed by atoms with Crippen molar-refractivity contribution >= 4 is 0 Å². The fraction of sp³-hybridized carbons (Fsp3) is 1.00. The van der Waals surface area contributed by atoms with Crippen molar-refractivity contribution in [2.75, 3.05) is 65.5 Å². The molecule has 0 aliphatic carbocycles. The van der Waals surface area contributed by atoms with Crippen LogP contribution in [0, 0.1) is 0 Å². The molecule has 0 aromatic carbocycles. The molecule has 3 aliphatic heterocycles. The molecule has 3 rings (SSSR count). The van der Waals surface area contributed by atoms with Crippen LogP contribution in [0.3, 0.4) is 0 Å². The molecule has 0 bridgehead atoms. The van der Waals surface area contributed by atoms with Crippen molar-refractivity contribution in [2.24, 2.45) is 0 Å². The van der Waals surface area contributed by atoms with Gasteiger partial charge in [-0.15, -0.1) is 0 Å². The summed E-state index contributed by atoms with van der Waals surface area (Å²) >= 11 is 0. The summed E-state index contributed by atoms with van der Waals surface area (Å²) in [7, 11) is 0. The van der Waals surface area contributed by atoms with Gasteiger partial charge in [-0.25, -0.2) is 0 Å². The van der Waals surface area contributed by atoms with E-state index < -0.39 is 0 Å². The fourth-order valence-electron chi connectivity index (χ4n) is 3.58. The number of nitrogens with zero attached hydrogens (tertiary/aromatic N) is 3. The minimum absolute atomic E-state index is 0.412. The fourth-order valence-corrected chi connectivity index (χ4v) is 3.58. The van der Waals surface area contributed by atoms with Crippen molar-refractivity contribution in [3.8, 4) is 0 Å². The average molecular weight is 282 g/mol. The minimum atomic E-state index is 0.412. The van der Waals surface area contributed by atoms with Crippen LogP contribution >= 0.6 is 0 Å². The van der Waals surface area contributed by atoms with E-state index in [1.165, 1.54) is 26.2 Å². The second-order valence-corrected chi connectivity index (χ2v) is 6.74.